The fraction of sp³-hybridized carbons (Fsp3) is 0.400. The number of rotatable bonds is 3. The molecule has 0 atom stereocenters. The average molecular weight is 286 g/mol. The number of para-hydroxylation sites is 1. The van der Waals surface area contributed by atoms with Gasteiger partial charge in [-0.15, -0.1) is 0 Å². The number of piperazine rings is 1. The van der Waals surface area contributed by atoms with Gasteiger partial charge in [-0.2, -0.15) is 0 Å². The predicted octanol–water partition coefficient (Wildman–Crippen LogP) is 0.348. The SMILES string of the molecule is CCn1c(CN2CCNC(=O)C2)nc2ccccc2c1=O. The molecule has 0 saturated carbocycles. The number of carbonyl (C=O) groups is 1. The lowest BCUT2D eigenvalue weighted by Gasteiger charge is -2.26. The van der Waals surface area contributed by atoms with Crippen LogP contribution < -0.4 is 10.9 Å². The van der Waals surface area contributed by atoms with Crippen LogP contribution in [0.25, 0.3) is 10.9 Å². The Kier molecular flexibility index (Phi) is 3.70. The van der Waals surface area contributed by atoms with Crippen molar-refractivity contribution in [1.29, 1.82) is 0 Å². The van der Waals surface area contributed by atoms with Crippen LogP contribution in [0, 0.1) is 0 Å². The Morgan fingerprint density at radius 2 is 2.10 bits per heavy atom. The second-order valence-corrected chi connectivity index (χ2v) is 5.16. The first kappa shape index (κ1) is 13.8. The third-order valence-electron chi connectivity index (χ3n) is 3.74. The van der Waals surface area contributed by atoms with Crippen LogP contribution in [0.1, 0.15) is 12.7 Å². The highest BCUT2D eigenvalue weighted by molar-refractivity contribution is 5.79. The first-order valence-electron chi connectivity index (χ1n) is 7.16. The Hall–Kier alpha value is -2.21. The minimum Gasteiger partial charge on any atom is -0.354 e. The van der Waals surface area contributed by atoms with Crippen molar-refractivity contribution in [2.45, 2.75) is 20.0 Å². The summed E-state index contributed by atoms with van der Waals surface area (Å²) < 4.78 is 1.69. The Balaban J connectivity index is 2.01. The molecular weight excluding hydrogens is 268 g/mol. The summed E-state index contributed by atoms with van der Waals surface area (Å²) in [4.78, 5) is 30.6. The smallest absolute Gasteiger partial charge is 0.261 e. The zero-order valence-electron chi connectivity index (χ0n) is 12.0. The van der Waals surface area contributed by atoms with Crippen molar-refractivity contribution in [1.82, 2.24) is 19.8 Å². The number of nitrogens with zero attached hydrogens (tertiary/aromatic N) is 3. The van der Waals surface area contributed by atoms with Crippen molar-refractivity contribution in [3.05, 3.63) is 40.4 Å². The molecule has 1 N–H and O–H groups in total. The van der Waals surface area contributed by atoms with Gasteiger partial charge in [-0.1, -0.05) is 12.1 Å². The summed E-state index contributed by atoms with van der Waals surface area (Å²) in [5.41, 5.74) is 0.697. The molecular formula is C15H18N4O2. The number of hydrogen-bond donors (Lipinski definition) is 1. The summed E-state index contributed by atoms with van der Waals surface area (Å²) in [6.45, 7) is 4.80. The summed E-state index contributed by atoms with van der Waals surface area (Å²) in [5, 5.41) is 3.44. The van der Waals surface area contributed by atoms with Gasteiger partial charge in [0.05, 0.1) is 24.0 Å². The standard InChI is InChI=1S/C15H18N4O2/c1-2-19-13(9-18-8-7-16-14(20)10-18)17-12-6-4-3-5-11(12)15(19)21/h3-6H,2,7-10H2,1H3,(H,16,20). The number of benzene rings is 1. The Morgan fingerprint density at radius 1 is 1.29 bits per heavy atom. The summed E-state index contributed by atoms with van der Waals surface area (Å²) in [6, 6.07) is 7.38. The maximum atomic E-state index is 12.5. The predicted molar refractivity (Wildman–Crippen MR) is 80.0 cm³/mol. The molecule has 2 heterocycles. The molecule has 21 heavy (non-hydrogen) atoms. The second kappa shape index (κ2) is 5.65. The molecule has 3 rings (SSSR count). The van der Waals surface area contributed by atoms with Gasteiger partial charge in [0.1, 0.15) is 5.82 Å². The summed E-state index contributed by atoms with van der Waals surface area (Å²) in [7, 11) is 0. The van der Waals surface area contributed by atoms with Gasteiger partial charge in [-0.3, -0.25) is 19.1 Å². The zero-order valence-corrected chi connectivity index (χ0v) is 12.0. The van der Waals surface area contributed by atoms with Crippen molar-refractivity contribution in [2.75, 3.05) is 19.6 Å². The quantitative estimate of drug-likeness (QED) is 0.884. The summed E-state index contributed by atoms with van der Waals surface area (Å²) in [5.74, 6) is 0.739. The zero-order chi connectivity index (χ0) is 14.8. The van der Waals surface area contributed by atoms with Gasteiger partial charge in [0.15, 0.2) is 0 Å². The van der Waals surface area contributed by atoms with Crippen molar-refractivity contribution < 1.29 is 4.79 Å². The van der Waals surface area contributed by atoms with Gasteiger partial charge < -0.3 is 5.32 Å². The van der Waals surface area contributed by atoms with E-state index in [2.05, 4.69) is 10.3 Å². The maximum Gasteiger partial charge on any atom is 0.261 e. The van der Waals surface area contributed by atoms with Crippen LogP contribution in [0.5, 0.6) is 0 Å². The first-order valence-corrected chi connectivity index (χ1v) is 7.16. The normalized spacial score (nSPS) is 16.1. The molecule has 0 spiro atoms. The van der Waals surface area contributed by atoms with Crippen molar-refractivity contribution in [3.63, 3.8) is 0 Å². The highest BCUT2D eigenvalue weighted by Crippen LogP contribution is 2.10. The maximum absolute atomic E-state index is 12.5. The molecule has 1 aliphatic heterocycles. The second-order valence-electron chi connectivity index (χ2n) is 5.16. The third kappa shape index (κ3) is 2.67. The Labute approximate surface area is 122 Å². The van der Waals surface area contributed by atoms with E-state index in [9.17, 15) is 9.59 Å². The monoisotopic (exact) mass is 286 g/mol. The van der Waals surface area contributed by atoms with Gasteiger partial charge in [-0.25, -0.2) is 4.98 Å². The molecule has 0 radical (unpaired) electrons. The summed E-state index contributed by atoms with van der Waals surface area (Å²) >= 11 is 0. The van der Waals surface area contributed by atoms with E-state index < -0.39 is 0 Å². The Morgan fingerprint density at radius 3 is 2.86 bits per heavy atom. The topological polar surface area (TPSA) is 67.2 Å². The van der Waals surface area contributed by atoms with E-state index in [1.165, 1.54) is 0 Å². The molecule has 6 heteroatoms. The van der Waals surface area contributed by atoms with E-state index in [4.69, 9.17) is 0 Å². The molecule has 110 valence electrons. The number of hydrogen-bond acceptors (Lipinski definition) is 4. The molecule has 0 bridgehead atoms. The van der Waals surface area contributed by atoms with Gasteiger partial charge in [0, 0.05) is 19.6 Å². The van der Waals surface area contributed by atoms with E-state index in [0.717, 1.165) is 12.4 Å². The van der Waals surface area contributed by atoms with Crippen molar-refractivity contribution in [3.8, 4) is 0 Å². The van der Waals surface area contributed by atoms with Crippen LogP contribution in [-0.4, -0.2) is 40.0 Å². The number of nitrogens with one attached hydrogen (secondary N) is 1. The van der Waals surface area contributed by atoms with E-state index >= 15 is 0 Å². The van der Waals surface area contributed by atoms with Gasteiger partial charge in [0.25, 0.3) is 5.56 Å². The summed E-state index contributed by atoms with van der Waals surface area (Å²) in [6.07, 6.45) is 0. The molecule has 1 aromatic carbocycles. The molecule has 1 aliphatic rings. The highest BCUT2D eigenvalue weighted by Gasteiger charge is 2.19. The van der Waals surface area contributed by atoms with Gasteiger partial charge in [0.2, 0.25) is 5.91 Å². The minimum absolute atomic E-state index is 0.0143. The average Bonchev–Trinajstić information content (AvgIpc) is 2.48. The van der Waals surface area contributed by atoms with Crippen LogP contribution in [0.4, 0.5) is 0 Å². The molecule has 0 aliphatic carbocycles. The number of carbonyl (C=O) groups excluding carboxylic acids is 1. The lowest BCUT2D eigenvalue weighted by Crippen LogP contribution is -2.47. The largest absolute Gasteiger partial charge is 0.354 e. The van der Waals surface area contributed by atoms with Gasteiger partial charge >= 0.3 is 0 Å². The number of aromatic nitrogens is 2. The van der Waals surface area contributed by atoms with Crippen LogP contribution >= 0.6 is 0 Å². The van der Waals surface area contributed by atoms with Crippen LogP contribution in [0.2, 0.25) is 0 Å². The number of amides is 1. The lowest BCUT2D eigenvalue weighted by molar-refractivity contribution is -0.124. The molecule has 2 aromatic rings. The van der Waals surface area contributed by atoms with Gasteiger partial charge in [-0.05, 0) is 19.1 Å². The van der Waals surface area contributed by atoms with E-state index in [1.807, 2.05) is 30.0 Å². The van der Waals surface area contributed by atoms with Crippen LogP contribution in [0.3, 0.4) is 0 Å². The molecule has 1 aromatic heterocycles. The Bertz CT molecular complexity index is 738. The molecule has 0 unspecified atom stereocenters. The molecule has 6 nitrogen and oxygen atoms in total. The van der Waals surface area contributed by atoms with Crippen LogP contribution in [-0.2, 0) is 17.9 Å². The van der Waals surface area contributed by atoms with E-state index in [0.29, 0.717) is 37.1 Å². The van der Waals surface area contributed by atoms with Crippen LogP contribution in [0.15, 0.2) is 29.1 Å². The molecule has 1 saturated heterocycles. The van der Waals surface area contributed by atoms with Crippen molar-refractivity contribution >= 4 is 16.8 Å². The number of fused-ring (bicyclic) bond motifs is 1. The minimum atomic E-state index is -0.0143. The van der Waals surface area contributed by atoms with E-state index in [1.54, 1.807) is 10.6 Å². The lowest BCUT2D eigenvalue weighted by atomic mass is 10.2. The fourth-order valence-corrected chi connectivity index (χ4v) is 2.69. The van der Waals surface area contributed by atoms with Crippen molar-refractivity contribution in [2.24, 2.45) is 0 Å². The highest BCUT2D eigenvalue weighted by atomic mass is 16.2. The third-order valence-corrected chi connectivity index (χ3v) is 3.74. The van der Waals surface area contributed by atoms with E-state index in [-0.39, 0.29) is 11.5 Å². The molecule has 1 fully saturated rings. The first-order chi connectivity index (χ1) is 10.2. The fourth-order valence-electron chi connectivity index (χ4n) is 2.69. The molecule has 1 amide bonds.